The maximum atomic E-state index is 12.4. The number of rotatable bonds is 1. The number of nitrogens with zero attached hydrogens (tertiary/aromatic N) is 1. The van der Waals surface area contributed by atoms with Crippen LogP contribution < -0.4 is 5.73 Å². The number of benzene rings is 1. The Morgan fingerprint density at radius 1 is 1.37 bits per heavy atom. The molecule has 1 amide bonds. The zero-order valence-corrected chi connectivity index (χ0v) is 11.7. The van der Waals surface area contributed by atoms with Gasteiger partial charge in [0.1, 0.15) is 0 Å². The van der Waals surface area contributed by atoms with E-state index in [1.165, 1.54) is 5.57 Å². The summed E-state index contributed by atoms with van der Waals surface area (Å²) in [5.74, 6) is 0.128. The van der Waals surface area contributed by atoms with Crippen molar-refractivity contribution in [3.05, 3.63) is 40.8 Å². The van der Waals surface area contributed by atoms with Gasteiger partial charge in [-0.2, -0.15) is 0 Å². The molecule has 0 bridgehead atoms. The number of hydrogen-bond acceptors (Lipinski definition) is 3. The molecule has 0 saturated heterocycles. The van der Waals surface area contributed by atoms with Crippen molar-refractivity contribution in [3.63, 3.8) is 0 Å². The van der Waals surface area contributed by atoms with E-state index < -0.39 is 0 Å². The van der Waals surface area contributed by atoms with Crippen LogP contribution in [0, 0.1) is 0 Å². The minimum atomic E-state index is 0.128. The Balaban J connectivity index is 1.89. The molecule has 0 saturated carbocycles. The lowest BCUT2D eigenvalue weighted by atomic mass is 10.1. The summed E-state index contributed by atoms with van der Waals surface area (Å²) in [4.78, 5) is 15.1. The first kappa shape index (κ1) is 12.2. The Bertz CT molecular complexity index is 672. The van der Waals surface area contributed by atoms with Crippen LogP contribution in [0.15, 0.2) is 35.9 Å². The molecule has 3 nitrogen and oxygen atoms in total. The molecule has 0 aliphatic carbocycles. The first-order chi connectivity index (χ1) is 9.13. The van der Waals surface area contributed by atoms with E-state index in [2.05, 4.69) is 13.0 Å². The normalized spacial score (nSPS) is 15.6. The molecule has 0 atom stereocenters. The third-order valence-electron chi connectivity index (χ3n) is 3.47. The molecule has 1 aliphatic heterocycles. The van der Waals surface area contributed by atoms with Crippen molar-refractivity contribution in [3.8, 4) is 0 Å². The summed E-state index contributed by atoms with van der Waals surface area (Å²) in [6, 6.07) is 7.72. The van der Waals surface area contributed by atoms with E-state index in [-0.39, 0.29) is 5.91 Å². The number of nitrogens with two attached hydrogens (primary N) is 1. The molecular weight excluding hydrogens is 256 g/mol. The summed E-state index contributed by atoms with van der Waals surface area (Å²) < 4.78 is 1.11. The van der Waals surface area contributed by atoms with Crippen molar-refractivity contribution < 1.29 is 4.79 Å². The highest BCUT2D eigenvalue weighted by atomic mass is 32.1. The second-order valence-corrected chi connectivity index (χ2v) is 6.04. The van der Waals surface area contributed by atoms with Crippen molar-refractivity contribution in [2.45, 2.75) is 13.3 Å². The third kappa shape index (κ3) is 2.36. The lowest BCUT2D eigenvalue weighted by molar-refractivity contribution is 0.0774. The average molecular weight is 272 g/mol. The predicted molar refractivity (Wildman–Crippen MR) is 80.5 cm³/mol. The standard InChI is InChI=1S/C15H16N2OS/c1-10-4-6-17(7-5-10)15(18)14-9-11-8-12(16)2-3-13(11)19-14/h2-4,8-9H,5-7,16H2,1H3. The fourth-order valence-electron chi connectivity index (χ4n) is 2.28. The topological polar surface area (TPSA) is 46.3 Å². The van der Waals surface area contributed by atoms with Crippen molar-refractivity contribution in [1.82, 2.24) is 4.90 Å². The number of thiophene rings is 1. The quantitative estimate of drug-likeness (QED) is 0.639. The molecule has 98 valence electrons. The molecular formula is C15H16N2OS. The fourth-order valence-corrected chi connectivity index (χ4v) is 3.29. The Morgan fingerprint density at radius 3 is 2.95 bits per heavy atom. The summed E-state index contributed by atoms with van der Waals surface area (Å²) in [5, 5.41) is 1.05. The van der Waals surface area contributed by atoms with Crippen LogP contribution in [0.3, 0.4) is 0 Å². The number of anilines is 1. The number of fused-ring (bicyclic) bond motifs is 1. The second-order valence-electron chi connectivity index (χ2n) is 4.96. The molecule has 0 radical (unpaired) electrons. The van der Waals surface area contributed by atoms with Gasteiger partial charge < -0.3 is 10.6 Å². The summed E-state index contributed by atoms with van der Waals surface area (Å²) in [6.07, 6.45) is 3.11. The Hall–Kier alpha value is -1.81. The molecule has 1 aromatic heterocycles. The molecule has 0 spiro atoms. The summed E-state index contributed by atoms with van der Waals surface area (Å²) in [7, 11) is 0. The molecule has 0 fully saturated rings. The van der Waals surface area contributed by atoms with Crippen molar-refractivity contribution >= 4 is 33.0 Å². The van der Waals surface area contributed by atoms with Crippen LogP contribution in [0.4, 0.5) is 5.69 Å². The van der Waals surface area contributed by atoms with Gasteiger partial charge in [0.2, 0.25) is 0 Å². The zero-order valence-electron chi connectivity index (χ0n) is 10.8. The Labute approximate surface area is 116 Å². The second kappa shape index (κ2) is 4.70. The van der Waals surface area contributed by atoms with Crippen LogP contribution in [-0.4, -0.2) is 23.9 Å². The van der Waals surface area contributed by atoms with Crippen LogP contribution in [0.25, 0.3) is 10.1 Å². The van der Waals surface area contributed by atoms with Gasteiger partial charge in [0, 0.05) is 23.5 Å². The molecule has 19 heavy (non-hydrogen) atoms. The van der Waals surface area contributed by atoms with Gasteiger partial charge in [0.25, 0.3) is 5.91 Å². The van der Waals surface area contributed by atoms with Crippen LogP contribution in [0.1, 0.15) is 23.0 Å². The van der Waals surface area contributed by atoms with Gasteiger partial charge in [-0.3, -0.25) is 4.79 Å². The van der Waals surface area contributed by atoms with Crippen LogP contribution in [0.2, 0.25) is 0 Å². The number of hydrogen-bond donors (Lipinski definition) is 1. The SMILES string of the molecule is CC1=CCN(C(=O)c2cc3cc(N)ccc3s2)CC1. The van der Waals surface area contributed by atoms with Gasteiger partial charge in [-0.1, -0.05) is 11.6 Å². The Morgan fingerprint density at radius 2 is 2.21 bits per heavy atom. The van der Waals surface area contributed by atoms with Crippen LogP contribution >= 0.6 is 11.3 Å². The van der Waals surface area contributed by atoms with Gasteiger partial charge in [0.15, 0.2) is 0 Å². The van der Waals surface area contributed by atoms with E-state index >= 15 is 0 Å². The molecule has 4 heteroatoms. The van der Waals surface area contributed by atoms with E-state index in [0.29, 0.717) is 0 Å². The molecule has 2 N–H and O–H groups in total. The monoisotopic (exact) mass is 272 g/mol. The lowest BCUT2D eigenvalue weighted by Gasteiger charge is -2.24. The maximum Gasteiger partial charge on any atom is 0.264 e. The maximum absolute atomic E-state index is 12.4. The largest absolute Gasteiger partial charge is 0.399 e. The highest BCUT2D eigenvalue weighted by molar-refractivity contribution is 7.20. The number of carbonyl (C=O) groups excluding carboxylic acids is 1. The molecule has 1 aliphatic rings. The first-order valence-electron chi connectivity index (χ1n) is 6.37. The van der Waals surface area contributed by atoms with E-state index in [4.69, 9.17) is 5.73 Å². The average Bonchev–Trinajstić information content (AvgIpc) is 2.81. The van der Waals surface area contributed by atoms with E-state index in [0.717, 1.165) is 40.2 Å². The van der Waals surface area contributed by atoms with E-state index in [9.17, 15) is 4.79 Å². The van der Waals surface area contributed by atoms with Crippen molar-refractivity contribution in [1.29, 1.82) is 0 Å². The van der Waals surface area contributed by atoms with Gasteiger partial charge in [-0.15, -0.1) is 11.3 Å². The van der Waals surface area contributed by atoms with Crippen molar-refractivity contribution in [2.75, 3.05) is 18.8 Å². The van der Waals surface area contributed by atoms with Crippen LogP contribution in [0.5, 0.6) is 0 Å². The van der Waals surface area contributed by atoms with E-state index in [1.807, 2.05) is 29.2 Å². The molecule has 2 aromatic rings. The van der Waals surface area contributed by atoms with Gasteiger partial charge >= 0.3 is 0 Å². The molecule has 2 heterocycles. The summed E-state index contributed by atoms with van der Waals surface area (Å²) in [6.45, 7) is 3.66. The number of amides is 1. The summed E-state index contributed by atoms with van der Waals surface area (Å²) >= 11 is 1.54. The Kier molecular flexibility index (Phi) is 3.03. The number of carbonyl (C=O) groups is 1. The minimum absolute atomic E-state index is 0.128. The summed E-state index contributed by atoms with van der Waals surface area (Å²) in [5.41, 5.74) is 7.87. The predicted octanol–water partition coefficient (Wildman–Crippen LogP) is 3.28. The van der Waals surface area contributed by atoms with Gasteiger partial charge in [-0.05, 0) is 43.0 Å². The lowest BCUT2D eigenvalue weighted by Crippen LogP contribution is -2.34. The highest BCUT2D eigenvalue weighted by Crippen LogP contribution is 2.28. The fraction of sp³-hybridized carbons (Fsp3) is 0.267. The molecule has 0 unspecified atom stereocenters. The van der Waals surface area contributed by atoms with Gasteiger partial charge in [0.05, 0.1) is 4.88 Å². The highest BCUT2D eigenvalue weighted by Gasteiger charge is 2.19. The van der Waals surface area contributed by atoms with Crippen molar-refractivity contribution in [2.24, 2.45) is 0 Å². The molecule has 3 rings (SSSR count). The van der Waals surface area contributed by atoms with E-state index in [1.54, 1.807) is 11.3 Å². The number of nitrogen functional groups attached to an aromatic ring is 1. The zero-order chi connectivity index (χ0) is 13.4. The van der Waals surface area contributed by atoms with Gasteiger partial charge in [-0.25, -0.2) is 0 Å². The first-order valence-corrected chi connectivity index (χ1v) is 7.19. The minimum Gasteiger partial charge on any atom is -0.399 e. The smallest absolute Gasteiger partial charge is 0.264 e. The third-order valence-corrected chi connectivity index (χ3v) is 4.58. The molecule has 1 aromatic carbocycles. The van der Waals surface area contributed by atoms with Crippen LogP contribution in [-0.2, 0) is 0 Å².